The van der Waals surface area contributed by atoms with Crippen LogP contribution in [0.3, 0.4) is 0 Å². The molecule has 0 spiro atoms. The Morgan fingerprint density at radius 1 is 1.27 bits per heavy atom. The van der Waals surface area contributed by atoms with Gasteiger partial charge in [-0.05, 0) is 45.2 Å². The molecule has 1 N–H and O–H groups in total. The molecule has 1 amide bonds. The molecule has 0 bridgehead atoms. The Bertz CT molecular complexity index is 1150. The van der Waals surface area contributed by atoms with Crippen LogP contribution < -0.4 is 10.9 Å². The Hall–Kier alpha value is -2.32. The molecule has 0 aliphatic heterocycles. The van der Waals surface area contributed by atoms with Crippen molar-refractivity contribution in [2.45, 2.75) is 57.4 Å². The van der Waals surface area contributed by atoms with Crippen LogP contribution in [0.25, 0.3) is 10.9 Å². The summed E-state index contributed by atoms with van der Waals surface area (Å²) in [6.45, 7) is 4.95. The molecule has 9 heteroatoms. The highest BCUT2D eigenvalue weighted by Crippen LogP contribution is 2.22. The lowest BCUT2D eigenvalue weighted by molar-refractivity contribution is -0.118. The van der Waals surface area contributed by atoms with Gasteiger partial charge in [0.1, 0.15) is 0 Å². The van der Waals surface area contributed by atoms with Gasteiger partial charge in [0, 0.05) is 19.1 Å². The molecule has 1 aromatic carbocycles. The fraction of sp³-hybridized carbons (Fsp3) is 0.429. The van der Waals surface area contributed by atoms with Crippen molar-refractivity contribution in [3.63, 3.8) is 0 Å². The average Bonchev–Trinajstić information content (AvgIpc) is 3.51. The molecule has 1 saturated carbocycles. The van der Waals surface area contributed by atoms with E-state index in [9.17, 15) is 9.59 Å². The summed E-state index contributed by atoms with van der Waals surface area (Å²) in [5.41, 5.74) is 2.28. The minimum absolute atomic E-state index is 0.0197. The smallest absolute Gasteiger partial charge is 0.262 e. The molecule has 1 aliphatic rings. The summed E-state index contributed by atoms with van der Waals surface area (Å²) in [6, 6.07) is 7.63. The van der Waals surface area contributed by atoms with Crippen LogP contribution in [0.4, 0.5) is 0 Å². The summed E-state index contributed by atoms with van der Waals surface area (Å²) in [5, 5.41) is 9.25. The number of nitrogens with one attached hydrogen (secondary N) is 1. The molecule has 2 aromatic heterocycles. The highest BCUT2D eigenvalue weighted by atomic mass is 35.5. The molecule has 0 radical (unpaired) electrons. The summed E-state index contributed by atoms with van der Waals surface area (Å²) >= 11 is 7.54. The number of aryl methyl sites for hydroxylation is 2. The number of aromatic nitrogens is 4. The molecule has 30 heavy (non-hydrogen) atoms. The molecule has 1 aliphatic carbocycles. The zero-order chi connectivity index (χ0) is 21.3. The lowest BCUT2D eigenvalue weighted by Crippen LogP contribution is -2.28. The number of amides is 1. The summed E-state index contributed by atoms with van der Waals surface area (Å²) in [4.78, 5) is 29.9. The second-order valence-corrected chi connectivity index (χ2v) is 8.88. The molecule has 3 aromatic rings. The minimum atomic E-state index is -0.0860. The first-order valence-electron chi connectivity index (χ1n) is 10.1. The van der Waals surface area contributed by atoms with Crippen LogP contribution in [0.5, 0.6) is 0 Å². The monoisotopic (exact) mass is 445 g/mol. The van der Waals surface area contributed by atoms with Gasteiger partial charge in [-0.3, -0.25) is 18.8 Å². The van der Waals surface area contributed by atoms with Crippen LogP contribution in [-0.4, -0.2) is 37.0 Å². The summed E-state index contributed by atoms with van der Waals surface area (Å²) in [5.74, 6) is 0.225. The number of para-hydroxylation sites is 1. The largest absolute Gasteiger partial charge is 0.353 e. The Kier molecular flexibility index (Phi) is 6.15. The maximum Gasteiger partial charge on any atom is 0.262 e. The molecule has 2 heterocycles. The summed E-state index contributed by atoms with van der Waals surface area (Å²) in [6.07, 6.45) is 2.79. The SMILES string of the molecule is Cc1nn(CCCn2c(SCC(=O)NC3CC3)nc3ccccc3c2=O)c(C)c1Cl. The van der Waals surface area contributed by atoms with Gasteiger partial charge in [-0.1, -0.05) is 35.5 Å². The molecule has 1 fully saturated rings. The number of fused-ring (bicyclic) bond motifs is 1. The van der Waals surface area contributed by atoms with Crippen molar-refractivity contribution in [2.24, 2.45) is 0 Å². The first-order valence-corrected chi connectivity index (χ1v) is 11.4. The van der Waals surface area contributed by atoms with Crippen molar-refractivity contribution in [3.8, 4) is 0 Å². The van der Waals surface area contributed by atoms with Crippen LogP contribution >= 0.6 is 23.4 Å². The summed E-state index contributed by atoms with van der Waals surface area (Å²) < 4.78 is 3.54. The van der Waals surface area contributed by atoms with Gasteiger partial charge in [0.15, 0.2) is 5.16 Å². The van der Waals surface area contributed by atoms with E-state index in [2.05, 4.69) is 15.4 Å². The lowest BCUT2D eigenvalue weighted by atomic mass is 10.2. The Balaban J connectivity index is 1.54. The van der Waals surface area contributed by atoms with Crippen LogP contribution in [0.2, 0.25) is 5.02 Å². The molecule has 0 atom stereocenters. The number of nitrogens with zero attached hydrogens (tertiary/aromatic N) is 4. The van der Waals surface area contributed by atoms with Crippen molar-refractivity contribution in [1.82, 2.24) is 24.6 Å². The van der Waals surface area contributed by atoms with Crippen LogP contribution in [0.1, 0.15) is 30.7 Å². The van der Waals surface area contributed by atoms with Gasteiger partial charge in [-0.25, -0.2) is 4.98 Å². The Morgan fingerprint density at radius 3 is 2.73 bits per heavy atom. The first-order chi connectivity index (χ1) is 14.4. The third-order valence-corrected chi connectivity index (χ3v) is 6.67. The third kappa shape index (κ3) is 4.54. The van der Waals surface area contributed by atoms with Crippen molar-refractivity contribution in [2.75, 3.05) is 5.75 Å². The van der Waals surface area contributed by atoms with Crippen LogP contribution in [0.15, 0.2) is 34.2 Å². The lowest BCUT2D eigenvalue weighted by Gasteiger charge is -2.13. The van der Waals surface area contributed by atoms with Crippen molar-refractivity contribution < 1.29 is 4.79 Å². The molecule has 7 nitrogen and oxygen atoms in total. The Morgan fingerprint density at radius 2 is 2.03 bits per heavy atom. The van der Waals surface area contributed by atoms with Crippen molar-refractivity contribution >= 4 is 40.2 Å². The fourth-order valence-electron chi connectivity index (χ4n) is 3.35. The van der Waals surface area contributed by atoms with E-state index in [-0.39, 0.29) is 17.2 Å². The maximum atomic E-state index is 13.1. The number of halogens is 1. The molecule has 0 unspecified atom stereocenters. The van der Waals surface area contributed by atoms with E-state index in [1.807, 2.05) is 36.7 Å². The quantitative estimate of drug-likeness (QED) is 0.425. The zero-order valence-corrected chi connectivity index (χ0v) is 18.6. The molecule has 158 valence electrons. The number of hydrogen-bond acceptors (Lipinski definition) is 5. The van der Waals surface area contributed by atoms with Gasteiger partial charge < -0.3 is 5.32 Å². The van der Waals surface area contributed by atoms with Gasteiger partial charge in [-0.15, -0.1) is 0 Å². The van der Waals surface area contributed by atoms with E-state index in [0.29, 0.717) is 46.6 Å². The molecule has 4 rings (SSSR count). The molecular weight excluding hydrogens is 422 g/mol. The normalized spacial score (nSPS) is 13.7. The van der Waals surface area contributed by atoms with E-state index < -0.39 is 0 Å². The fourth-order valence-corrected chi connectivity index (χ4v) is 4.33. The van der Waals surface area contributed by atoms with E-state index in [1.54, 1.807) is 10.6 Å². The van der Waals surface area contributed by atoms with E-state index in [0.717, 1.165) is 24.2 Å². The third-order valence-electron chi connectivity index (χ3n) is 5.15. The highest BCUT2D eigenvalue weighted by molar-refractivity contribution is 7.99. The van der Waals surface area contributed by atoms with E-state index in [1.165, 1.54) is 11.8 Å². The topological polar surface area (TPSA) is 81.8 Å². The number of benzene rings is 1. The molecule has 0 saturated heterocycles. The van der Waals surface area contributed by atoms with E-state index in [4.69, 9.17) is 11.6 Å². The predicted octanol–water partition coefficient (Wildman–Crippen LogP) is 3.32. The minimum Gasteiger partial charge on any atom is -0.353 e. The van der Waals surface area contributed by atoms with Crippen LogP contribution in [-0.2, 0) is 17.9 Å². The highest BCUT2D eigenvalue weighted by Gasteiger charge is 2.23. The second-order valence-electron chi connectivity index (χ2n) is 7.56. The average molecular weight is 446 g/mol. The first kappa shape index (κ1) is 20.9. The van der Waals surface area contributed by atoms with E-state index >= 15 is 0 Å². The van der Waals surface area contributed by atoms with Gasteiger partial charge in [-0.2, -0.15) is 5.10 Å². The van der Waals surface area contributed by atoms with Gasteiger partial charge >= 0.3 is 0 Å². The number of carbonyl (C=O) groups excluding carboxylic acids is 1. The second kappa shape index (κ2) is 8.81. The van der Waals surface area contributed by atoms with Crippen LogP contribution in [0, 0.1) is 13.8 Å². The Labute approximate surface area is 183 Å². The van der Waals surface area contributed by atoms with Gasteiger partial charge in [0.25, 0.3) is 5.56 Å². The number of carbonyl (C=O) groups is 1. The number of hydrogen-bond donors (Lipinski definition) is 1. The van der Waals surface area contributed by atoms with Gasteiger partial charge in [0.2, 0.25) is 5.91 Å². The molecular formula is C21H24ClN5O2S. The standard InChI is InChI=1S/C21H24ClN5O2S/c1-13-19(22)14(2)27(25-13)11-5-10-26-20(29)16-6-3-4-7-17(16)24-21(26)30-12-18(28)23-15-8-9-15/h3-4,6-7,15H,5,8-12H2,1-2H3,(H,23,28). The maximum absolute atomic E-state index is 13.1. The van der Waals surface area contributed by atoms with Gasteiger partial charge in [0.05, 0.1) is 33.1 Å². The number of thioether (sulfide) groups is 1. The van der Waals surface area contributed by atoms with Crippen molar-refractivity contribution in [3.05, 3.63) is 51.0 Å². The number of rotatable bonds is 8. The zero-order valence-electron chi connectivity index (χ0n) is 17.0. The summed E-state index contributed by atoms with van der Waals surface area (Å²) in [7, 11) is 0. The predicted molar refractivity (Wildman–Crippen MR) is 119 cm³/mol. The van der Waals surface area contributed by atoms with Crippen molar-refractivity contribution in [1.29, 1.82) is 0 Å².